The van der Waals surface area contributed by atoms with E-state index in [1.807, 2.05) is 62.9 Å². The molecule has 1 saturated heterocycles. The number of piperidine rings is 1. The molecular weight excluding hydrogens is 699 g/mol. The zero-order valence-corrected chi connectivity index (χ0v) is 34.8. The lowest BCUT2D eigenvalue weighted by molar-refractivity contribution is -0.139. The standard InChI is InChI=1S/C43H75N5O7/c1-7-8-19-36(46-38(27-33-17-13-10-14-18-33)42(53)48-23-20-34(21-24-48)55-30-54-6)41(52)47-37(26-32-15-11-9-12-16-32)39(50)28-35(31(2)3)40(51)44-29-43(4,5)45-22-25-49/h10,13-14,17-18,31-32,34-39,45-46,49-50H,7-9,11-12,15-16,19-30H2,1-6H3,(H,44,51)(H,47,52)/t35-,36-,37-,38-,39-/m0/s1. The number of carbonyl (C=O) groups is 3. The highest BCUT2D eigenvalue weighted by Crippen LogP contribution is 2.30. The highest BCUT2D eigenvalue weighted by molar-refractivity contribution is 5.86. The van der Waals surface area contributed by atoms with Crippen LogP contribution in [0.5, 0.6) is 0 Å². The molecule has 2 fully saturated rings. The Balaban J connectivity index is 1.81. The van der Waals surface area contributed by atoms with Gasteiger partial charge in [-0.1, -0.05) is 96.0 Å². The predicted octanol–water partition coefficient (Wildman–Crippen LogP) is 4.31. The molecule has 1 aliphatic carbocycles. The molecule has 3 amide bonds. The van der Waals surface area contributed by atoms with E-state index in [2.05, 4.69) is 28.2 Å². The SMILES string of the molecule is CCCC[C@H](N[C@@H](Cc1ccccc1)C(=O)N1CCC(OCOC)CC1)C(=O)N[C@@H](CC1CCCCC1)[C@@H](O)C[C@H](C(=O)NCC(C)(C)NCCO)C(C)C. The zero-order chi connectivity index (χ0) is 40.2. The van der Waals surface area contributed by atoms with Gasteiger partial charge in [0, 0.05) is 44.7 Å². The average Bonchev–Trinajstić information content (AvgIpc) is 3.18. The van der Waals surface area contributed by atoms with Crippen LogP contribution in [0.25, 0.3) is 0 Å². The van der Waals surface area contributed by atoms with Crippen LogP contribution < -0.4 is 21.3 Å². The van der Waals surface area contributed by atoms with Crippen LogP contribution in [-0.4, -0.2) is 115 Å². The molecule has 0 aromatic heterocycles. The lowest BCUT2D eigenvalue weighted by atomic mass is 9.81. The van der Waals surface area contributed by atoms with Crippen LogP contribution in [0, 0.1) is 17.8 Å². The van der Waals surface area contributed by atoms with Crippen molar-refractivity contribution in [1.29, 1.82) is 0 Å². The van der Waals surface area contributed by atoms with Crippen LogP contribution in [0.2, 0.25) is 0 Å². The van der Waals surface area contributed by atoms with E-state index in [0.29, 0.717) is 51.4 Å². The van der Waals surface area contributed by atoms with Crippen molar-refractivity contribution in [1.82, 2.24) is 26.2 Å². The van der Waals surface area contributed by atoms with E-state index in [-0.39, 0.29) is 49.6 Å². The Labute approximate surface area is 331 Å². The molecule has 12 nitrogen and oxygen atoms in total. The summed E-state index contributed by atoms with van der Waals surface area (Å²) in [5, 5.41) is 34.3. The third kappa shape index (κ3) is 16.8. The summed E-state index contributed by atoms with van der Waals surface area (Å²) in [6.07, 6.45) is 9.70. The van der Waals surface area contributed by atoms with E-state index in [0.717, 1.165) is 56.9 Å². The molecule has 55 heavy (non-hydrogen) atoms. The first-order valence-electron chi connectivity index (χ1n) is 21.2. The van der Waals surface area contributed by atoms with Gasteiger partial charge in [0.15, 0.2) is 0 Å². The monoisotopic (exact) mass is 774 g/mol. The van der Waals surface area contributed by atoms with E-state index in [1.165, 1.54) is 6.42 Å². The maximum atomic E-state index is 14.4. The van der Waals surface area contributed by atoms with Gasteiger partial charge in [0.2, 0.25) is 17.7 Å². The number of aliphatic hydroxyl groups is 2. The molecule has 0 unspecified atom stereocenters. The number of carbonyl (C=O) groups excluding carboxylic acids is 3. The Morgan fingerprint density at radius 3 is 2.29 bits per heavy atom. The summed E-state index contributed by atoms with van der Waals surface area (Å²) in [5.41, 5.74) is 0.600. The normalized spacial score (nSPS) is 18.7. The van der Waals surface area contributed by atoms with Gasteiger partial charge in [-0.2, -0.15) is 0 Å². The van der Waals surface area contributed by atoms with E-state index in [1.54, 1.807) is 7.11 Å². The Morgan fingerprint density at radius 1 is 0.982 bits per heavy atom. The number of unbranched alkanes of at least 4 members (excludes halogenated alkanes) is 1. The fourth-order valence-corrected chi connectivity index (χ4v) is 8.02. The Morgan fingerprint density at radius 2 is 1.67 bits per heavy atom. The molecule has 0 radical (unpaired) electrons. The fraction of sp³-hybridized carbons (Fsp3) is 0.791. The summed E-state index contributed by atoms with van der Waals surface area (Å²) in [6, 6.07) is 8.13. The third-order valence-electron chi connectivity index (χ3n) is 11.5. The number of likely N-dealkylation sites (tertiary alicyclic amines) is 1. The number of hydrogen-bond acceptors (Lipinski definition) is 9. The molecule has 2 aliphatic rings. The minimum atomic E-state index is -0.931. The maximum absolute atomic E-state index is 14.4. The lowest BCUT2D eigenvalue weighted by Crippen LogP contribution is -2.58. The second-order valence-electron chi connectivity index (χ2n) is 17.0. The number of aliphatic hydroxyl groups excluding tert-OH is 2. The van der Waals surface area contributed by atoms with Gasteiger partial charge in [0.05, 0.1) is 36.9 Å². The van der Waals surface area contributed by atoms with Crippen LogP contribution in [0.4, 0.5) is 0 Å². The number of β-amino-alcohol motifs (C(OH)–C–C–N with tert-alkyl or cyclic N) is 1. The van der Waals surface area contributed by atoms with Gasteiger partial charge >= 0.3 is 0 Å². The highest BCUT2D eigenvalue weighted by atomic mass is 16.7. The largest absolute Gasteiger partial charge is 0.395 e. The highest BCUT2D eigenvalue weighted by Gasteiger charge is 2.36. The Kier molecular flexibility index (Phi) is 21.2. The summed E-state index contributed by atoms with van der Waals surface area (Å²) < 4.78 is 10.9. The quantitative estimate of drug-likeness (QED) is 0.0796. The van der Waals surface area contributed by atoms with Gasteiger partial charge < -0.3 is 40.5 Å². The number of nitrogens with zero attached hydrogens (tertiary/aromatic N) is 1. The summed E-state index contributed by atoms with van der Waals surface area (Å²) in [6.45, 7) is 12.2. The van der Waals surface area contributed by atoms with Gasteiger partial charge in [-0.15, -0.1) is 0 Å². The molecule has 5 atom stereocenters. The first-order valence-corrected chi connectivity index (χ1v) is 21.2. The van der Waals surface area contributed by atoms with Gasteiger partial charge in [-0.05, 0) is 69.8 Å². The van der Waals surface area contributed by atoms with Gasteiger partial charge in [-0.3, -0.25) is 19.7 Å². The molecule has 0 bridgehead atoms. The van der Waals surface area contributed by atoms with Crippen molar-refractivity contribution in [3.05, 3.63) is 35.9 Å². The van der Waals surface area contributed by atoms with E-state index in [4.69, 9.17) is 9.47 Å². The minimum Gasteiger partial charge on any atom is -0.395 e. The molecule has 1 heterocycles. The number of nitrogens with one attached hydrogen (secondary N) is 4. The first kappa shape index (κ1) is 46.8. The summed E-state index contributed by atoms with van der Waals surface area (Å²) in [5.74, 6) is -0.482. The Bertz CT molecular complexity index is 1240. The van der Waals surface area contributed by atoms with Crippen LogP contribution in [0.3, 0.4) is 0 Å². The summed E-state index contributed by atoms with van der Waals surface area (Å²) in [7, 11) is 1.60. The number of methoxy groups -OCH3 is 1. The van der Waals surface area contributed by atoms with Crippen molar-refractivity contribution < 1.29 is 34.1 Å². The maximum Gasteiger partial charge on any atom is 0.240 e. The molecule has 3 rings (SSSR count). The molecule has 1 saturated carbocycles. The van der Waals surface area contributed by atoms with Gasteiger partial charge in [0.25, 0.3) is 0 Å². The van der Waals surface area contributed by atoms with Crippen LogP contribution in [0.1, 0.15) is 117 Å². The molecule has 6 N–H and O–H groups in total. The molecular formula is C43H75N5O7. The lowest BCUT2D eigenvalue weighted by Gasteiger charge is -2.36. The number of hydrogen-bond donors (Lipinski definition) is 6. The predicted molar refractivity (Wildman–Crippen MR) is 217 cm³/mol. The average molecular weight is 774 g/mol. The molecule has 1 aromatic rings. The van der Waals surface area contributed by atoms with Crippen LogP contribution >= 0.6 is 0 Å². The van der Waals surface area contributed by atoms with Crippen molar-refractivity contribution in [2.24, 2.45) is 17.8 Å². The number of ether oxygens (including phenoxy) is 2. The van der Waals surface area contributed by atoms with E-state index >= 15 is 0 Å². The number of rotatable bonds is 25. The first-order chi connectivity index (χ1) is 26.4. The molecule has 12 heteroatoms. The van der Waals surface area contributed by atoms with Crippen molar-refractivity contribution in [2.75, 3.05) is 46.7 Å². The molecule has 1 aliphatic heterocycles. The third-order valence-corrected chi connectivity index (χ3v) is 11.5. The van der Waals surface area contributed by atoms with Crippen molar-refractivity contribution in [3.63, 3.8) is 0 Å². The smallest absolute Gasteiger partial charge is 0.240 e. The van der Waals surface area contributed by atoms with Crippen LogP contribution in [-0.2, 0) is 30.3 Å². The Hall–Kier alpha value is -2.61. The van der Waals surface area contributed by atoms with Crippen molar-refractivity contribution in [3.8, 4) is 0 Å². The molecule has 0 spiro atoms. The second-order valence-corrected chi connectivity index (χ2v) is 17.0. The van der Waals surface area contributed by atoms with Gasteiger partial charge in [-0.25, -0.2) is 0 Å². The number of benzene rings is 1. The van der Waals surface area contributed by atoms with Crippen molar-refractivity contribution in [2.45, 2.75) is 154 Å². The number of amides is 3. The molecule has 1 aromatic carbocycles. The summed E-state index contributed by atoms with van der Waals surface area (Å²) in [4.78, 5) is 44.2. The van der Waals surface area contributed by atoms with Crippen LogP contribution in [0.15, 0.2) is 30.3 Å². The fourth-order valence-electron chi connectivity index (χ4n) is 8.02. The summed E-state index contributed by atoms with van der Waals surface area (Å²) >= 11 is 0. The second kappa shape index (κ2) is 24.9. The minimum absolute atomic E-state index is 0.00938. The van der Waals surface area contributed by atoms with Gasteiger partial charge in [0.1, 0.15) is 6.79 Å². The molecule has 314 valence electrons. The zero-order valence-electron chi connectivity index (χ0n) is 34.8. The van der Waals surface area contributed by atoms with E-state index < -0.39 is 35.7 Å². The van der Waals surface area contributed by atoms with E-state index in [9.17, 15) is 24.6 Å². The van der Waals surface area contributed by atoms with Crippen molar-refractivity contribution >= 4 is 17.7 Å². The topological polar surface area (TPSA) is 161 Å².